The highest BCUT2D eigenvalue weighted by molar-refractivity contribution is 14.1. The summed E-state index contributed by atoms with van der Waals surface area (Å²) >= 11 is 4.67. The molecule has 0 aliphatic carbocycles. The van der Waals surface area contributed by atoms with Gasteiger partial charge in [-0.1, -0.05) is 0 Å². The van der Waals surface area contributed by atoms with Gasteiger partial charge in [0.1, 0.15) is 9.39 Å². The molecule has 0 atom stereocenters. The van der Waals surface area contributed by atoms with E-state index in [9.17, 15) is 13.6 Å². The zero-order valence-corrected chi connectivity index (χ0v) is 11.9. The van der Waals surface area contributed by atoms with Crippen molar-refractivity contribution in [2.24, 2.45) is 0 Å². The van der Waals surface area contributed by atoms with Gasteiger partial charge in [0.05, 0.1) is 12.2 Å². The van der Waals surface area contributed by atoms with E-state index in [4.69, 9.17) is 4.74 Å². The maximum atomic E-state index is 12.5. The SMILES string of the molecule is CCOC(=O)c1cc(Br)c(C(F)F)nc1I. The number of hydrogen-bond donors (Lipinski definition) is 0. The number of rotatable bonds is 3. The Balaban J connectivity index is 3.15. The number of aromatic nitrogens is 1. The molecule has 0 radical (unpaired) electrons. The molecule has 1 aromatic rings. The fourth-order valence-corrected chi connectivity index (χ4v) is 2.11. The van der Waals surface area contributed by atoms with E-state index in [0.29, 0.717) is 0 Å². The summed E-state index contributed by atoms with van der Waals surface area (Å²) in [5, 5.41) is 0. The van der Waals surface area contributed by atoms with E-state index in [0.717, 1.165) is 0 Å². The van der Waals surface area contributed by atoms with Crippen LogP contribution in [0.25, 0.3) is 0 Å². The standard InChI is InChI=1S/C9H7BrF2INO2/c1-2-16-9(15)4-3-5(10)6(7(11)12)14-8(4)13/h3,7H,2H2,1H3. The zero-order chi connectivity index (χ0) is 12.3. The molecule has 0 aliphatic rings. The largest absolute Gasteiger partial charge is 0.462 e. The molecule has 0 amide bonds. The molecular weight excluding hydrogens is 399 g/mol. The average Bonchev–Trinajstić information content (AvgIpc) is 2.20. The molecule has 1 aromatic heterocycles. The van der Waals surface area contributed by atoms with E-state index in [1.54, 1.807) is 29.5 Å². The predicted octanol–water partition coefficient (Wildman–Crippen LogP) is 3.56. The van der Waals surface area contributed by atoms with E-state index >= 15 is 0 Å². The molecular formula is C9H7BrF2INO2. The van der Waals surface area contributed by atoms with E-state index in [-0.39, 0.29) is 26.0 Å². The molecule has 0 N–H and O–H groups in total. The number of pyridine rings is 1. The van der Waals surface area contributed by atoms with Gasteiger partial charge in [0.25, 0.3) is 6.43 Å². The van der Waals surface area contributed by atoms with Crippen LogP contribution in [0.1, 0.15) is 29.4 Å². The minimum atomic E-state index is -2.68. The van der Waals surface area contributed by atoms with Gasteiger partial charge < -0.3 is 4.74 Å². The van der Waals surface area contributed by atoms with Crippen molar-refractivity contribution >= 4 is 44.5 Å². The van der Waals surface area contributed by atoms with Crippen LogP contribution in [-0.2, 0) is 4.74 Å². The summed E-state index contributed by atoms with van der Waals surface area (Å²) in [6.07, 6.45) is -2.68. The number of halogens is 4. The first-order chi connectivity index (χ1) is 7.47. The number of hydrogen-bond acceptors (Lipinski definition) is 3. The third-order valence-electron chi connectivity index (χ3n) is 1.66. The lowest BCUT2D eigenvalue weighted by Gasteiger charge is -2.07. The zero-order valence-electron chi connectivity index (χ0n) is 8.14. The highest BCUT2D eigenvalue weighted by Gasteiger charge is 2.20. The summed E-state index contributed by atoms with van der Waals surface area (Å²) in [5.41, 5.74) is -0.198. The number of carbonyl (C=O) groups excluding carboxylic acids is 1. The Bertz CT molecular complexity index is 415. The van der Waals surface area contributed by atoms with Gasteiger partial charge in [-0.25, -0.2) is 18.6 Å². The van der Waals surface area contributed by atoms with Crippen LogP contribution in [-0.4, -0.2) is 17.6 Å². The summed E-state index contributed by atoms with van der Waals surface area (Å²) < 4.78 is 30.0. The van der Waals surface area contributed by atoms with Crippen LogP contribution in [0, 0.1) is 3.70 Å². The van der Waals surface area contributed by atoms with Crippen LogP contribution in [0.4, 0.5) is 8.78 Å². The number of alkyl halides is 2. The van der Waals surface area contributed by atoms with Gasteiger partial charge in [-0.05, 0) is 51.5 Å². The van der Waals surface area contributed by atoms with Crippen molar-refractivity contribution in [3.63, 3.8) is 0 Å². The van der Waals surface area contributed by atoms with Crippen molar-refractivity contribution in [3.05, 3.63) is 25.5 Å². The molecule has 1 rings (SSSR count). The molecule has 88 valence electrons. The van der Waals surface area contributed by atoms with Crippen LogP contribution in [0.15, 0.2) is 10.5 Å². The van der Waals surface area contributed by atoms with Gasteiger partial charge in [0.15, 0.2) is 0 Å². The van der Waals surface area contributed by atoms with Crippen LogP contribution < -0.4 is 0 Å². The molecule has 0 bridgehead atoms. The van der Waals surface area contributed by atoms with Gasteiger partial charge in [-0.15, -0.1) is 0 Å². The van der Waals surface area contributed by atoms with Crippen molar-refractivity contribution in [2.75, 3.05) is 6.61 Å². The van der Waals surface area contributed by atoms with E-state index in [1.165, 1.54) is 6.07 Å². The minimum absolute atomic E-state index is 0.103. The van der Waals surface area contributed by atoms with Crippen molar-refractivity contribution in [3.8, 4) is 0 Å². The third-order valence-corrected chi connectivity index (χ3v) is 3.12. The predicted molar refractivity (Wildman–Crippen MR) is 65.6 cm³/mol. The number of esters is 1. The monoisotopic (exact) mass is 405 g/mol. The number of carbonyl (C=O) groups is 1. The average molecular weight is 406 g/mol. The fraction of sp³-hybridized carbons (Fsp3) is 0.333. The molecule has 0 aromatic carbocycles. The lowest BCUT2D eigenvalue weighted by Crippen LogP contribution is -2.09. The minimum Gasteiger partial charge on any atom is -0.462 e. The molecule has 7 heteroatoms. The Labute approximate surface area is 113 Å². The van der Waals surface area contributed by atoms with Crippen LogP contribution >= 0.6 is 38.5 Å². The summed E-state index contributed by atoms with van der Waals surface area (Å²) in [6, 6.07) is 1.30. The van der Waals surface area contributed by atoms with E-state index < -0.39 is 12.4 Å². The second-order valence-corrected chi connectivity index (χ2v) is 4.59. The Morgan fingerprint density at radius 3 is 2.81 bits per heavy atom. The number of ether oxygens (including phenoxy) is 1. The van der Waals surface area contributed by atoms with Gasteiger partial charge in [0, 0.05) is 4.47 Å². The summed E-state index contributed by atoms with van der Waals surface area (Å²) in [4.78, 5) is 15.1. The second-order valence-electron chi connectivity index (χ2n) is 2.71. The molecule has 0 saturated carbocycles. The van der Waals surface area contributed by atoms with Crippen molar-refractivity contribution in [2.45, 2.75) is 13.3 Å². The van der Waals surface area contributed by atoms with Gasteiger partial charge >= 0.3 is 5.97 Å². The van der Waals surface area contributed by atoms with Gasteiger partial charge in [-0.3, -0.25) is 0 Å². The third kappa shape index (κ3) is 3.09. The van der Waals surface area contributed by atoms with Crippen molar-refractivity contribution in [1.29, 1.82) is 0 Å². The molecule has 0 unspecified atom stereocenters. The molecule has 0 spiro atoms. The maximum absolute atomic E-state index is 12.5. The Kier molecular flexibility index (Phi) is 5.03. The Hall–Kier alpha value is -0.310. The molecule has 0 fully saturated rings. The molecule has 16 heavy (non-hydrogen) atoms. The highest BCUT2D eigenvalue weighted by atomic mass is 127. The van der Waals surface area contributed by atoms with E-state index in [2.05, 4.69) is 20.9 Å². The van der Waals surface area contributed by atoms with Gasteiger partial charge in [-0.2, -0.15) is 0 Å². The van der Waals surface area contributed by atoms with Crippen LogP contribution in [0.2, 0.25) is 0 Å². The highest BCUT2D eigenvalue weighted by Crippen LogP contribution is 2.28. The molecule has 3 nitrogen and oxygen atoms in total. The summed E-state index contributed by atoms with van der Waals surface area (Å²) in [5.74, 6) is -0.569. The first kappa shape index (κ1) is 13.8. The fourth-order valence-electron chi connectivity index (χ4n) is 0.985. The van der Waals surface area contributed by atoms with Crippen LogP contribution in [0.5, 0.6) is 0 Å². The smallest absolute Gasteiger partial charge is 0.340 e. The Morgan fingerprint density at radius 1 is 1.69 bits per heavy atom. The second kappa shape index (κ2) is 5.85. The van der Waals surface area contributed by atoms with Crippen LogP contribution in [0.3, 0.4) is 0 Å². The molecule has 1 heterocycles. The summed E-state index contributed by atoms with van der Waals surface area (Å²) in [7, 11) is 0. The number of nitrogens with zero attached hydrogens (tertiary/aromatic N) is 1. The quantitative estimate of drug-likeness (QED) is 0.438. The van der Waals surface area contributed by atoms with E-state index in [1.807, 2.05) is 0 Å². The lowest BCUT2D eigenvalue weighted by atomic mass is 10.2. The van der Waals surface area contributed by atoms with Crippen molar-refractivity contribution < 1.29 is 18.3 Å². The first-order valence-corrected chi connectivity index (χ1v) is 6.15. The summed E-state index contributed by atoms with van der Waals surface area (Å²) in [6.45, 7) is 1.89. The van der Waals surface area contributed by atoms with Gasteiger partial charge in [0.2, 0.25) is 0 Å². The lowest BCUT2D eigenvalue weighted by molar-refractivity contribution is 0.0523. The maximum Gasteiger partial charge on any atom is 0.340 e. The Morgan fingerprint density at radius 2 is 2.31 bits per heavy atom. The van der Waals surface area contributed by atoms with Crippen molar-refractivity contribution in [1.82, 2.24) is 4.98 Å². The molecule has 0 aliphatic heterocycles. The normalized spacial score (nSPS) is 10.6. The molecule has 0 saturated heterocycles. The first-order valence-electron chi connectivity index (χ1n) is 4.28. The topological polar surface area (TPSA) is 39.2 Å².